The normalized spacial score (nSPS) is 22.5. The summed E-state index contributed by atoms with van der Waals surface area (Å²) in [6, 6.07) is 0.403. The van der Waals surface area contributed by atoms with Gasteiger partial charge < -0.3 is 15.0 Å². The van der Waals surface area contributed by atoms with E-state index in [4.69, 9.17) is 4.74 Å². The highest BCUT2D eigenvalue weighted by Gasteiger charge is 2.34. The summed E-state index contributed by atoms with van der Waals surface area (Å²) in [7, 11) is 3.87. The van der Waals surface area contributed by atoms with E-state index < -0.39 is 0 Å². The average Bonchev–Trinajstić information content (AvgIpc) is 3.20. The second kappa shape index (κ2) is 5.89. The van der Waals surface area contributed by atoms with Crippen molar-refractivity contribution in [2.75, 3.05) is 33.8 Å². The van der Waals surface area contributed by atoms with Crippen LogP contribution in [0.15, 0.2) is 0 Å². The first-order valence-electron chi connectivity index (χ1n) is 7.50. The van der Waals surface area contributed by atoms with E-state index in [1.165, 1.54) is 38.8 Å². The number of ether oxygens (including phenoxy) is 1. The summed E-state index contributed by atoms with van der Waals surface area (Å²) in [5, 5.41) is 3.44. The molecular formula is C15H30N2O. The van der Waals surface area contributed by atoms with Crippen molar-refractivity contribution in [1.29, 1.82) is 0 Å². The Hall–Kier alpha value is -0.120. The van der Waals surface area contributed by atoms with Gasteiger partial charge in [0.15, 0.2) is 0 Å². The summed E-state index contributed by atoms with van der Waals surface area (Å²) in [5.74, 6) is 1.96. The zero-order valence-electron chi connectivity index (χ0n) is 12.5. The molecule has 1 atom stereocenters. The van der Waals surface area contributed by atoms with Crippen LogP contribution >= 0.6 is 0 Å². The lowest BCUT2D eigenvalue weighted by atomic mass is 9.98. The highest BCUT2D eigenvalue weighted by atomic mass is 16.5. The summed E-state index contributed by atoms with van der Waals surface area (Å²) in [6.07, 6.45) is 5.77. The zero-order valence-corrected chi connectivity index (χ0v) is 12.5. The van der Waals surface area contributed by atoms with Crippen molar-refractivity contribution in [3.05, 3.63) is 0 Å². The molecular weight excluding hydrogens is 224 g/mol. The molecule has 3 nitrogen and oxygen atoms in total. The Labute approximate surface area is 112 Å². The Balaban J connectivity index is 1.87. The third-order valence-electron chi connectivity index (χ3n) is 4.58. The molecule has 0 amide bonds. The maximum atomic E-state index is 5.64. The average molecular weight is 254 g/mol. The van der Waals surface area contributed by atoms with E-state index >= 15 is 0 Å². The van der Waals surface area contributed by atoms with Crippen molar-refractivity contribution in [2.24, 2.45) is 11.8 Å². The molecule has 18 heavy (non-hydrogen) atoms. The van der Waals surface area contributed by atoms with Crippen LogP contribution < -0.4 is 5.32 Å². The maximum Gasteiger partial charge on any atom is 0.0787 e. The van der Waals surface area contributed by atoms with Gasteiger partial charge in [-0.05, 0) is 58.4 Å². The van der Waals surface area contributed by atoms with Crippen LogP contribution in [0, 0.1) is 11.8 Å². The Kier molecular flexibility index (Phi) is 4.68. The van der Waals surface area contributed by atoms with Gasteiger partial charge in [0.1, 0.15) is 0 Å². The molecule has 1 N–H and O–H groups in total. The molecule has 2 fully saturated rings. The predicted octanol–water partition coefficient (Wildman–Crippen LogP) is 2.12. The van der Waals surface area contributed by atoms with Crippen LogP contribution in [-0.4, -0.2) is 50.3 Å². The number of hydrogen-bond acceptors (Lipinski definition) is 3. The summed E-state index contributed by atoms with van der Waals surface area (Å²) in [4.78, 5) is 2.68. The van der Waals surface area contributed by atoms with E-state index in [1.54, 1.807) is 0 Å². The van der Waals surface area contributed by atoms with Gasteiger partial charge in [-0.3, -0.25) is 0 Å². The van der Waals surface area contributed by atoms with Crippen LogP contribution in [0.25, 0.3) is 0 Å². The van der Waals surface area contributed by atoms with Crippen molar-refractivity contribution in [2.45, 2.75) is 51.2 Å². The molecule has 2 aliphatic rings. The molecule has 0 spiro atoms. The molecule has 1 unspecified atom stereocenters. The van der Waals surface area contributed by atoms with Gasteiger partial charge in [-0.2, -0.15) is 0 Å². The Bertz CT molecular complexity index is 245. The van der Waals surface area contributed by atoms with E-state index in [2.05, 4.69) is 31.1 Å². The second-order valence-corrected chi connectivity index (χ2v) is 6.75. The number of rotatable bonds is 9. The molecule has 0 aliphatic heterocycles. The van der Waals surface area contributed by atoms with Gasteiger partial charge in [-0.1, -0.05) is 0 Å². The second-order valence-electron chi connectivity index (χ2n) is 6.75. The first-order chi connectivity index (χ1) is 8.55. The molecule has 2 aliphatic carbocycles. The van der Waals surface area contributed by atoms with Crippen LogP contribution in [0.2, 0.25) is 0 Å². The van der Waals surface area contributed by atoms with E-state index in [0.717, 1.165) is 18.4 Å². The van der Waals surface area contributed by atoms with Crippen molar-refractivity contribution < 1.29 is 4.74 Å². The molecule has 0 aromatic carbocycles. The molecule has 0 aromatic heterocycles. The minimum atomic E-state index is -0.0971. The van der Waals surface area contributed by atoms with Crippen LogP contribution in [0.4, 0.5) is 0 Å². The fourth-order valence-corrected chi connectivity index (χ4v) is 2.61. The monoisotopic (exact) mass is 254 g/mol. The Morgan fingerprint density at radius 3 is 2.00 bits per heavy atom. The number of nitrogens with zero attached hydrogens (tertiary/aromatic N) is 1. The van der Waals surface area contributed by atoms with Crippen molar-refractivity contribution >= 4 is 0 Å². The highest BCUT2D eigenvalue weighted by molar-refractivity contribution is 4.90. The predicted molar refractivity (Wildman–Crippen MR) is 75.8 cm³/mol. The third kappa shape index (κ3) is 4.22. The highest BCUT2D eigenvalue weighted by Crippen LogP contribution is 2.34. The van der Waals surface area contributed by atoms with Gasteiger partial charge >= 0.3 is 0 Å². The molecule has 0 saturated heterocycles. The molecule has 2 saturated carbocycles. The van der Waals surface area contributed by atoms with Gasteiger partial charge in [0, 0.05) is 32.8 Å². The molecule has 3 heteroatoms. The zero-order chi connectivity index (χ0) is 13.2. The van der Waals surface area contributed by atoms with Crippen LogP contribution in [-0.2, 0) is 4.74 Å². The summed E-state index contributed by atoms with van der Waals surface area (Å²) < 4.78 is 5.64. The van der Waals surface area contributed by atoms with Crippen molar-refractivity contribution in [3.8, 4) is 0 Å². The number of nitrogens with one attached hydrogen (secondary N) is 1. The van der Waals surface area contributed by atoms with Crippen LogP contribution in [0.3, 0.4) is 0 Å². The number of hydrogen-bond donors (Lipinski definition) is 1. The number of methoxy groups -OCH3 is 1. The maximum absolute atomic E-state index is 5.64. The lowest BCUT2D eigenvalue weighted by molar-refractivity contribution is -0.0185. The molecule has 106 valence electrons. The fraction of sp³-hybridized carbons (Fsp3) is 1.00. The molecule has 0 bridgehead atoms. The first kappa shape index (κ1) is 14.3. The topological polar surface area (TPSA) is 24.5 Å². The van der Waals surface area contributed by atoms with Gasteiger partial charge in [0.05, 0.1) is 5.60 Å². The van der Waals surface area contributed by atoms with Gasteiger partial charge in [-0.25, -0.2) is 0 Å². The lowest BCUT2D eigenvalue weighted by Gasteiger charge is -2.37. The third-order valence-corrected chi connectivity index (χ3v) is 4.58. The van der Waals surface area contributed by atoms with Crippen LogP contribution in [0.5, 0.6) is 0 Å². The quantitative estimate of drug-likeness (QED) is 0.682. The van der Waals surface area contributed by atoms with E-state index in [-0.39, 0.29) is 5.60 Å². The fourth-order valence-electron chi connectivity index (χ4n) is 2.61. The summed E-state index contributed by atoms with van der Waals surface area (Å²) in [6.45, 7) is 8.08. The number of likely N-dealkylation sites (N-methyl/N-ethyl adjacent to an activating group) is 1. The van der Waals surface area contributed by atoms with Gasteiger partial charge in [0.25, 0.3) is 0 Å². The van der Waals surface area contributed by atoms with Gasteiger partial charge in [-0.15, -0.1) is 0 Å². The summed E-state index contributed by atoms with van der Waals surface area (Å²) >= 11 is 0. The minimum absolute atomic E-state index is 0.0971. The standard InChI is InChI=1S/C15H30N2O/c1-15(2,18-4)14(16-3)11-17(9-12-5-6-12)10-13-7-8-13/h12-14,16H,5-11H2,1-4H3. The van der Waals surface area contributed by atoms with E-state index in [1.807, 2.05) is 7.11 Å². The minimum Gasteiger partial charge on any atom is -0.377 e. The SMILES string of the molecule is CNC(CN(CC1CC1)CC1CC1)C(C)(C)OC. The Morgan fingerprint density at radius 1 is 1.17 bits per heavy atom. The molecule has 0 heterocycles. The largest absolute Gasteiger partial charge is 0.377 e. The molecule has 2 rings (SSSR count). The van der Waals surface area contributed by atoms with Crippen molar-refractivity contribution in [3.63, 3.8) is 0 Å². The first-order valence-corrected chi connectivity index (χ1v) is 7.50. The van der Waals surface area contributed by atoms with E-state index in [0.29, 0.717) is 6.04 Å². The summed E-state index contributed by atoms with van der Waals surface area (Å²) in [5.41, 5.74) is -0.0971. The smallest absolute Gasteiger partial charge is 0.0787 e. The molecule has 0 aromatic rings. The van der Waals surface area contributed by atoms with Gasteiger partial charge in [0.2, 0.25) is 0 Å². The lowest BCUT2D eigenvalue weighted by Crippen LogP contribution is -2.53. The van der Waals surface area contributed by atoms with E-state index in [9.17, 15) is 0 Å². The Morgan fingerprint density at radius 2 is 1.67 bits per heavy atom. The van der Waals surface area contributed by atoms with Crippen molar-refractivity contribution in [1.82, 2.24) is 10.2 Å². The molecule has 0 radical (unpaired) electrons. The van der Waals surface area contributed by atoms with Crippen LogP contribution in [0.1, 0.15) is 39.5 Å².